The van der Waals surface area contributed by atoms with Gasteiger partial charge in [0.2, 0.25) is 0 Å². The zero-order chi connectivity index (χ0) is 7.00. The number of rotatable bonds is 1. The molecule has 0 aromatic rings. The van der Waals surface area contributed by atoms with Crippen LogP contribution < -0.4 is 0 Å². The second kappa shape index (κ2) is 3.40. The largest absolute Gasteiger partial charge is 0.125 e. The fourth-order valence-corrected chi connectivity index (χ4v) is 0. The number of hydrogen-bond acceptors (Lipinski definition) is 2. The minimum Gasteiger partial charge on any atom is -0.125 e. The quantitative estimate of drug-likeness (QED) is 0.421. The standard InChI is InChI=1S/H4P2S6/c3-1(4,5)2(6,7)8/h(H2,3,4,5)(H2,6,7,8). The first-order chi connectivity index (χ1) is 3.25. The third-order valence-corrected chi connectivity index (χ3v) is 27.5. The van der Waals surface area contributed by atoms with Crippen LogP contribution >= 0.6 is 57.3 Å². The van der Waals surface area contributed by atoms with E-state index in [2.05, 4.69) is 49.0 Å². The van der Waals surface area contributed by atoms with E-state index < -0.39 is 8.26 Å². The van der Waals surface area contributed by atoms with E-state index in [1.54, 1.807) is 0 Å². The summed E-state index contributed by atoms with van der Waals surface area (Å²) in [6, 6.07) is 0. The Morgan fingerprint density at radius 3 is 0.875 bits per heavy atom. The SMILES string of the molecule is S=P(S)(S)P(=S)(S)S. The van der Waals surface area contributed by atoms with Crippen LogP contribution in [0.4, 0.5) is 0 Å². The van der Waals surface area contributed by atoms with E-state index >= 15 is 0 Å². The minimum absolute atomic E-state index is 1.97. The van der Waals surface area contributed by atoms with Crippen LogP contribution in [0.1, 0.15) is 0 Å². The summed E-state index contributed by atoms with van der Waals surface area (Å²) in [5.41, 5.74) is 0. The molecule has 0 amide bonds. The van der Waals surface area contributed by atoms with Gasteiger partial charge in [-0.15, -0.1) is 49.0 Å². The maximum atomic E-state index is 4.85. The third kappa shape index (κ3) is 3.77. The normalized spacial score (nSPS) is 14.0. The second-order valence-corrected chi connectivity index (χ2v) is 27.7. The van der Waals surface area contributed by atoms with Crippen molar-refractivity contribution in [2.75, 3.05) is 0 Å². The highest BCUT2D eigenvalue weighted by molar-refractivity contribution is 9.33. The highest BCUT2D eigenvalue weighted by atomic mass is 33.6. The fraction of sp³-hybridized carbons (Fsp3) is 0. The van der Waals surface area contributed by atoms with Gasteiger partial charge >= 0.3 is 0 Å². The molecular weight excluding hydrogens is 254 g/mol. The molecule has 0 spiro atoms. The molecule has 0 N–H and O–H groups in total. The molecule has 0 saturated heterocycles. The number of hydrogen-bond donors (Lipinski definition) is 4. The molecule has 0 aliphatic heterocycles. The van der Waals surface area contributed by atoms with E-state index in [1.807, 2.05) is 0 Å². The maximum absolute atomic E-state index is 4.85. The van der Waals surface area contributed by atoms with Gasteiger partial charge in [0.1, 0.15) is 0 Å². The van der Waals surface area contributed by atoms with Gasteiger partial charge in [0.25, 0.3) is 0 Å². The zero-order valence-electron chi connectivity index (χ0n) is 3.50. The summed E-state index contributed by atoms with van der Waals surface area (Å²) >= 11 is 25.8. The Hall–Kier alpha value is 2.70. The van der Waals surface area contributed by atoms with Crippen LogP contribution in [0.3, 0.4) is 0 Å². The molecule has 8 heteroatoms. The first kappa shape index (κ1) is 10.7. The fourth-order valence-electron chi connectivity index (χ4n) is 0. The lowest BCUT2D eigenvalue weighted by atomic mass is 29.1. The van der Waals surface area contributed by atoms with Crippen LogP contribution in [0.5, 0.6) is 0 Å². The molecule has 0 fully saturated rings. The van der Waals surface area contributed by atoms with Crippen molar-refractivity contribution in [3.05, 3.63) is 0 Å². The molecule has 8 heavy (non-hydrogen) atoms. The van der Waals surface area contributed by atoms with Crippen LogP contribution in [0, 0.1) is 0 Å². The Labute approximate surface area is 80.1 Å². The smallest absolute Gasteiger partial charge is 0.0998 e. The Kier molecular flexibility index (Phi) is 4.54. The molecule has 0 nitrogen and oxygen atoms in total. The molecule has 0 atom stereocenters. The first-order valence-electron chi connectivity index (χ1n) is 1.37. The van der Waals surface area contributed by atoms with Crippen molar-refractivity contribution in [2.45, 2.75) is 0 Å². The lowest BCUT2D eigenvalue weighted by molar-refractivity contribution is 4.96. The Morgan fingerprint density at radius 1 is 0.750 bits per heavy atom. The minimum atomic E-state index is -1.97. The lowest BCUT2D eigenvalue weighted by Crippen LogP contribution is -1.44. The van der Waals surface area contributed by atoms with Crippen LogP contribution in [0.25, 0.3) is 0 Å². The Balaban J connectivity index is 4.53. The molecule has 0 saturated carbocycles. The van der Waals surface area contributed by atoms with E-state index in [4.69, 9.17) is 23.6 Å². The van der Waals surface area contributed by atoms with Gasteiger partial charge in [-0.3, -0.25) is 0 Å². The van der Waals surface area contributed by atoms with Gasteiger partial charge in [-0.05, 0) is 0 Å². The van der Waals surface area contributed by atoms with E-state index in [0.717, 1.165) is 0 Å². The Bertz CT molecular complexity index is 135. The molecule has 0 aromatic heterocycles. The van der Waals surface area contributed by atoms with E-state index in [-0.39, 0.29) is 0 Å². The summed E-state index contributed by atoms with van der Waals surface area (Å²) in [6.07, 6.45) is 0. The van der Waals surface area contributed by atoms with Gasteiger partial charge in [-0.25, -0.2) is 0 Å². The molecule has 0 bridgehead atoms. The summed E-state index contributed by atoms with van der Waals surface area (Å²) in [4.78, 5) is 0. The predicted octanol–water partition coefficient (Wildman–Crippen LogP) is 3.24. The van der Waals surface area contributed by atoms with Crippen molar-refractivity contribution in [1.29, 1.82) is 0 Å². The molecular formula is H4P2S6. The highest BCUT2D eigenvalue weighted by Gasteiger charge is 2.19. The molecule has 0 aliphatic rings. The molecule has 50 valence electrons. The average molecular weight is 258 g/mol. The van der Waals surface area contributed by atoms with E-state index in [0.29, 0.717) is 0 Å². The van der Waals surface area contributed by atoms with Crippen LogP contribution in [0.2, 0.25) is 0 Å². The van der Waals surface area contributed by atoms with E-state index in [1.165, 1.54) is 0 Å². The predicted molar refractivity (Wildman–Crippen MR) is 64.5 cm³/mol. The van der Waals surface area contributed by atoms with Gasteiger partial charge in [0.05, 0.1) is 8.26 Å². The zero-order valence-corrected chi connectivity index (χ0v) is 10.5. The van der Waals surface area contributed by atoms with Crippen molar-refractivity contribution in [2.24, 2.45) is 0 Å². The third-order valence-electron chi connectivity index (χ3n) is 0.339. The average Bonchev–Trinajstić information content (AvgIpc) is 1.25. The lowest BCUT2D eigenvalue weighted by Gasteiger charge is -2.14. The topological polar surface area (TPSA) is 0 Å². The molecule has 0 heterocycles. The first-order valence-corrected chi connectivity index (χ1v) is 12.3. The maximum Gasteiger partial charge on any atom is 0.0998 e. The number of thiol groups is 4. The van der Waals surface area contributed by atoms with Crippen LogP contribution in [-0.4, -0.2) is 0 Å². The molecule has 0 unspecified atom stereocenters. The van der Waals surface area contributed by atoms with Gasteiger partial charge in [-0.1, -0.05) is 23.6 Å². The Morgan fingerprint density at radius 2 is 0.875 bits per heavy atom. The van der Waals surface area contributed by atoms with Gasteiger partial charge < -0.3 is 0 Å². The van der Waals surface area contributed by atoms with Crippen molar-refractivity contribution < 1.29 is 0 Å². The highest BCUT2D eigenvalue weighted by Crippen LogP contribution is 2.92. The molecule has 0 radical (unpaired) electrons. The van der Waals surface area contributed by atoms with Gasteiger partial charge in [-0.2, -0.15) is 0 Å². The monoisotopic (exact) mass is 258 g/mol. The van der Waals surface area contributed by atoms with Crippen LogP contribution in [0.15, 0.2) is 0 Å². The van der Waals surface area contributed by atoms with Gasteiger partial charge in [0.15, 0.2) is 0 Å². The second-order valence-electron chi connectivity index (χ2n) is 1.03. The summed E-state index contributed by atoms with van der Waals surface area (Å²) < 4.78 is -3.95. The summed E-state index contributed by atoms with van der Waals surface area (Å²) in [7, 11) is 0. The van der Waals surface area contributed by atoms with Crippen molar-refractivity contribution in [1.82, 2.24) is 0 Å². The molecule has 0 rings (SSSR count). The summed E-state index contributed by atoms with van der Waals surface area (Å²) in [5, 5.41) is 0. The van der Waals surface area contributed by atoms with Crippen LogP contribution in [-0.2, 0) is 23.6 Å². The van der Waals surface area contributed by atoms with Crippen molar-refractivity contribution >= 4 is 80.9 Å². The van der Waals surface area contributed by atoms with Crippen molar-refractivity contribution in [3.8, 4) is 0 Å². The van der Waals surface area contributed by atoms with Gasteiger partial charge in [0, 0.05) is 0 Å². The van der Waals surface area contributed by atoms with Crippen molar-refractivity contribution in [3.63, 3.8) is 0 Å². The molecule has 0 aromatic carbocycles. The summed E-state index contributed by atoms with van der Waals surface area (Å²) in [5.74, 6) is 0. The summed E-state index contributed by atoms with van der Waals surface area (Å²) in [6.45, 7) is 0. The van der Waals surface area contributed by atoms with E-state index in [9.17, 15) is 0 Å². The molecule has 0 aliphatic carbocycles.